The first-order valence-electron chi connectivity index (χ1n) is 5.72. The molecule has 0 saturated carbocycles. The maximum absolute atomic E-state index is 11.4. The second-order valence-electron chi connectivity index (χ2n) is 3.91. The molecule has 0 unspecified atom stereocenters. The largest absolute Gasteiger partial charge is 0.372 e. The van der Waals surface area contributed by atoms with Gasteiger partial charge in [0, 0.05) is 25.7 Å². The Balaban J connectivity index is 2.17. The lowest BCUT2D eigenvalue weighted by Crippen LogP contribution is -2.45. The molecule has 1 aliphatic heterocycles. The standard InChI is InChI=1S/C11H19N3O2/c1-2-16-9-11(15)13-10-3-6-14(7-4-10)8-5-12/h10H,2-4,6-9H2,1H3,(H,13,15). The Labute approximate surface area is 96.4 Å². The molecule has 0 aliphatic carbocycles. The lowest BCUT2D eigenvalue weighted by Gasteiger charge is -2.30. The van der Waals surface area contributed by atoms with Crippen LogP contribution in [0.3, 0.4) is 0 Å². The van der Waals surface area contributed by atoms with E-state index in [2.05, 4.69) is 16.3 Å². The molecule has 1 rings (SSSR count). The summed E-state index contributed by atoms with van der Waals surface area (Å²) in [5.74, 6) is -0.0411. The lowest BCUT2D eigenvalue weighted by atomic mass is 10.1. The molecule has 0 bridgehead atoms. The highest BCUT2D eigenvalue weighted by molar-refractivity contribution is 5.77. The van der Waals surface area contributed by atoms with E-state index in [1.165, 1.54) is 0 Å². The maximum Gasteiger partial charge on any atom is 0.246 e. The zero-order chi connectivity index (χ0) is 11.8. The van der Waals surface area contributed by atoms with Gasteiger partial charge in [-0.05, 0) is 19.8 Å². The zero-order valence-electron chi connectivity index (χ0n) is 9.74. The number of likely N-dealkylation sites (tertiary alicyclic amines) is 1. The second-order valence-corrected chi connectivity index (χ2v) is 3.91. The van der Waals surface area contributed by atoms with Crippen molar-refractivity contribution in [2.75, 3.05) is 32.8 Å². The number of nitrogens with zero attached hydrogens (tertiary/aromatic N) is 2. The Hall–Kier alpha value is -1.12. The molecule has 0 spiro atoms. The van der Waals surface area contributed by atoms with Crippen LogP contribution in [0.5, 0.6) is 0 Å². The molecule has 0 aromatic carbocycles. The van der Waals surface area contributed by atoms with Gasteiger partial charge in [0.1, 0.15) is 6.61 Å². The number of rotatable bonds is 5. The van der Waals surface area contributed by atoms with Crippen LogP contribution >= 0.6 is 0 Å². The lowest BCUT2D eigenvalue weighted by molar-refractivity contribution is -0.126. The molecule has 1 amide bonds. The average molecular weight is 225 g/mol. The SMILES string of the molecule is CCOCC(=O)NC1CCN(CC#N)CC1. The van der Waals surface area contributed by atoms with Gasteiger partial charge in [-0.3, -0.25) is 9.69 Å². The third-order valence-corrected chi connectivity index (χ3v) is 2.68. The summed E-state index contributed by atoms with van der Waals surface area (Å²) in [6, 6.07) is 2.38. The third kappa shape index (κ3) is 4.60. The minimum Gasteiger partial charge on any atom is -0.372 e. The van der Waals surface area contributed by atoms with Crippen LogP contribution in [0.2, 0.25) is 0 Å². The monoisotopic (exact) mass is 225 g/mol. The number of nitriles is 1. The van der Waals surface area contributed by atoms with E-state index in [-0.39, 0.29) is 18.6 Å². The van der Waals surface area contributed by atoms with Crippen LogP contribution in [0.1, 0.15) is 19.8 Å². The third-order valence-electron chi connectivity index (χ3n) is 2.68. The van der Waals surface area contributed by atoms with E-state index in [9.17, 15) is 4.79 Å². The highest BCUT2D eigenvalue weighted by Gasteiger charge is 2.19. The molecule has 5 heteroatoms. The maximum atomic E-state index is 11.4. The Morgan fingerprint density at radius 1 is 1.56 bits per heavy atom. The highest BCUT2D eigenvalue weighted by Crippen LogP contribution is 2.09. The van der Waals surface area contributed by atoms with Gasteiger partial charge >= 0.3 is 0 Å². The molecule has 1 aliphatic rings. The highest BCUT2D eigenvalue weighted by atomic mass is 16.5. The molecule has 1 N–H and O–H groups in total. The molecule has 0 radical (unpaired) electrons. The number of ether oxygens (including phenoxy) is 1. The van der Waals surface area contributed by atoms with Gasteiger partial charge in [0.15, 0.2) is 0 Å². The van der Waals surface area contributed by atoms with Gasteiger partial charge in [-0.25, -0.2) is 0 Å². The van der Waals surface area contributed by atoms with Crippen molar-refractivity contribution < 1.29 is 9.53 Å². The number of hydrogen-bond acceptors (Lipinski definition) is 4. The Morgan fingerprint density at radius 3 is 2.81 bits per heavy atom. The van der Waals surface area contributed by atoms with Crippen molar-refractivity contribution in [3.05, 3.63) is 0 Å². The number of amides is 1. The van der Waals surface area contributed by atoms with Crippen molar-refractivity contribution in [2.24, 2.45) is 0 Å². The number of nitrogens with one attached hydrogen (secondary N) is 1. The molecule has 0 atom stereocenters. The van der Waals surface area contributed by atoms with Crippen LogP contribution in [0.25, 0.3) is 0 Å². The normalized spacial score (nSPS) is 18.0. The van der Waals surface area contributed by atoms with Gasteiger partial charge in [0.25, 0.3) is 0 Å². The van der Waals surface area contributed by atoms with Crippen molar-refractivity contribution in [1.29, 1.82) is 5.26 Å². The number of carbonyl (C=O) groups excluding carboxylic acids is 1. The summed E-state index contributed by atoms with van der Waals surface area (Å²) >= 11 is 0. The summed E-state index contributed by atoms with van der Waals surface area (Å²) in [4.78, 5) is 13.5. The molecule has 1 saturated heterocycles. The minimum atomic E-state index is -0.0411. The fourth-order valence-corrected chi connectivity index (χ4v) is 1.80. The van der Waals surface area contributed by atoms with E-state index >= 15 is 0 Å². The predicted octanol–water partition coefficient (Wildman–Crippen LogP) is 0.127. The van der Waals surface area contributed by atoms with Crippen molar-refractivity contribution in [3.8, 4) is 6.07 Å². The number of piperidine rings is 1. The summed E-state index contributed by atoms with van der Waals surface area (Å²) in [5.41, 5.74) is 0. The molecule has 0 aromatic heterocycles. The first kappa shape index (κ1) is 12.9. The fourth-order valence-electron chi connectivity index (χ4n) is 1.80. The van der Waals surface area contributed by atoms with Gasteiger partial charge < -0.3 is 10.1 Å². The van der Waals surface area contributed by atoms with Crippen LogP contribution in [0, 0.1) is 11.3 Å². The van der Waals surface area contributed by atoms with E-state index < -0.39 is 0 Å². The first-order chi connectivity index (χ1) is 7.76. The van der Waals surface area contributed by atoms with E-state index in [0.29, 0.717) is 13.2 Å². The number of hydrogen-bond donors (Lipinski definition) is 1. The van der Waals surface area contributed by atoms with Crippen LogP contribution in [-0.2, 0) is 9.53 Å². The molecular weight excluding hydrogens is 206 g/mol. The summed E-state index contributed by atoms with van der Waals surface area (Å²) in [6.45, 7) is 4.83. The van der Waals surface area contributed by atoms with E-state index in [1.54, 1.807) is 0 Å². The quantitative estimate of drug-likeness (QED) is 0.675. The van der Waals surface area contributed by atoms with Gasteiger partial charge in [-0.15, -0.1) is 0 Å². The van der Waals surface area contributed by atoms with Gasteiger partial charge in [-0.2, -0.15) is 5.26 Å². The Kier molecular flexibility index (Phi) is 5.83. The molecule has 1 heterocycles. The number of carbonyl (C=O) groups is 1. The van der Waals surface area contributed by atoms with E-state index in [4.69, 9.17) is 10.00 Å². The van der Waals surface area contributed by atoms with Crippen molar-refractivity contribution >= 4 is 5.91 Å². The predicted molar refractivity (Wildman–Crippen MR) is 59.7 cm³/mol. The van der Waals surface area contributed by atoms with Gasteiger partial charge in [-0.1, -0.05) is 0 Å². The molecule has 1 fully saturated rings. The zero-order valence-corrected chi connectivity index (χ0v) is 9.74. The van der Waals surface area contributed by atoms with Crippen LogP contribution in [0.15, 0.2) is 0 Å². The van der Waals surface area contributed by atoms with Gasteiger partial charge in [0.05, 0.1) is 12.6 Å². The van der Waals surface area contributed by atoms with Crippen molar-refractivity contribution in [2.45, 2.75) is 25.8 Å². The van der Waals surface area contributed by atoms with Crippen LogP contribution in [0.4, 0.5) is 0 Å². The van der Waals surface area contributed by atoms with Gasteiger partial charge in [0.2, 0.25) is 5.91 Å². The Bertz CT molecular complexity index is 254. The molecule has 5 nitrogen and oxygen atoms in total. The molecular formula is C11H19N3O2. The fraction of sp³-hybridized carbons (Fsp3) is 0.818. The first-order valence-corrected chi connectivity index (χ1v) is 5.72. The van der Waals surface area contributed by atoms with Crippen LogP contribution < -0.4 is 5.32 Å². The topological polar surface area (TPSA) is 65.4 Å². The molecule has 16 heavy (non-hydrogen) atoms. The smallest absolute Gasteiger partial charge is 0.246 e. The van der Waals surface area contributed by atoms with Crippen LogP contribution in [-0.4, -0.2) is 49.7 Å². The molecule has 0 aromatic rings. The Morgan fingerprint density at radius 2 is 2.25 bits per heavy atom. The molecule has 90 valence electrons. The average Bonchev–Trinajstić information content (AvgIpc) is 2.29. The summed E-state index contributed by atoms with van der Waals surface area (Å²) in [5, 5.41) is 11.5. The minimum absolute atomic E-state index is 0.0411. The van der Waals surface area contributed by atoms with Crippen molar-refractivity contribution in [1.82, 2.24) is 10.2 Å². The summed E-state index contributed by atoms with van der Waals surface area (Å²) in [7, 11) is 0. The summed E-state index contributed by atoms with van der Waals surface area (Å²) < 4.78 is 5.03. The second kappa shape index (κ2) is 7.20. The van der Waals surface area contributed by atoms with Crippen molar-refractivity contribution in [3.63, 3.8) is 0 Å². The van der Waals surface area contributed by atoms with E-state index in [0.717, 1.165) is 25.9 Å². The van der Waals surface area contributed by atoms with E-state index in [1.807, 2.05) is 6.92 Å². The summed E-state index contributed by atoms with van der Waals surface area (Å²) in [6.07, 6.45) is 1.83.